The van der Waals surface area contributed by atoms with Crippen LogP contribution in [0, 0.1) is 11.3 Å². The highest BCUT2D eigenvalue weighted by molar-refractivity contribution is 5.48. The smallest absolute Gasteiger partial charge is 0.131 e. The molecule has 3 unspecified atom stereocenters. The summed E-state index contributed by atoms with van der Waals surface area (Å²) >= 11 is 0. The molecule has 0 radical (unpaired) electrons. The summed E-state index contributed by atoms with van der Waals surface area (Å²) < 4.78 is 5.94. The zero-order valence-corrected chi connectivity index (χ0v) is 11.2. The normalized spacial score (nSPS) is 34.3. The topological polar surface area (TPSA) is 59.1 Å². The van der Waals surface area contributed by atoms with Crippen molar-refractivity contribution in [3.63, 3.8) is 0 Å². The molecule has 0 aromatic carbocycles. The highest BCUT2D eigenvalue weighted by atomic mass is 16.5. The molecule has 1 aliphatic heterocycles. The number of hydrogen-bond acceptors (Lipinski definition) is 5. The second-order valence-electron chi connectivity index (χ2n) is 5.99. The minimum absolute atomic E-state index is 0.395. The summed E-state index contributed by atoms with van der Waals surface area (Å²) in [5, 5.41) is 6.70. The zero-order valence-electron chi connectivity index (χ0n) is 11.2. The van der Waals surface area contributed by atoms with Gasteiger partial charge in [0.15, 0.2) is 0 Å². The molecule has 5 heteroatoms. The van der Waals surface area contributed by atoms with Crippen LogP contribution in [0.15, 0.2) is 12.4 Å². The van der Waals surface area contributed by atoms with Crippen molar-refractivity contribution in [1.82, 2.24) is 9.97 Å². The molecule has 3 aliphatic rings. The van der Waals surface area contributed by atoms with Gasteiger partial charge in [0.1, 0.15) is 18.0 Å². The van der Waals surface area contributed by atoms with E-state index in [4.69, 9.17) is 4.74 Å². The van der Waals surface area contributed by atoms with Gasteiger partial charge in [-0.25, -0.2) is 9.97 Å². The van der Waals surface area contributed by atoms with Gasteiger partial charge >= 0.3 is 0 Å². The lowest BCUT2D eigenvalue weighted by atomic mass is 9.46. The Labute approximate surface area is 113 Å². The summed E-state index contributed by atoms with van der Waals surface area (Å²) in [5.41, 5.74) is 0.395. The highest BCUT2D eigenvalue weighted by Crippen LogP contribution is 2.63. The SMILES string of the molecule is CNc1cc(NC2C3CCOC3C23CCC3)ncn1. The number of rotatable bonds is 3. The minimum Gasteiger partial charge on any atom is -0.377 e. The first kappa shape index (κ1) is 11.5. The van der Waals surface area contributed by atoms with Crippen LogP contribution in [0.3, 0.4) is 0 Å². The fraction of sp³-hybridized carbons (Fsp3) is 0.714. The Balaban J connectivity index is 1.55. The summed E-state index contributed by atoms with van der Waals surface area (Å²) in [6.07, 6.45) is 7.25. The van der Waals surface area contributed by atoms with E-state index in [0.29, 0.717) is 23.5 Å². The van der Waals surface area contributed by atoms with Crippen LogP contribution in [-0.4, -0.2) is 35.8 Å². The van der Waals surface area contributed by atoms with E-state index in [-0.39, 0.29) is 0 Å². The third-order valence-corrected chi connectivity index (χ3v) is 5.26. The molecule has 19 heavy (non-hydrogen) atoms. The van der Waals surface area contributed by atoms with E-state index in [2.05, 4.69) is 20.6 Å². The number of anilines is 2. The number of ether oxygens (including phenoxy) is 1. The Morgan fingerprint density at radius 2 is 2.16 bits per heavy atom. The molecule has 1 aromatic heterocycles. The summed E-state index contributed by atoms with van der Waals surface area (Å²) in [6.45, 7) is 0.931. The lowest BCUT2D eigenvalue weighted by Gasteiger charge is -2.63. The van der Waals surface area contributed by atoms with E-state index in [0.717, 1.165) is 18.2 Å². The van der Waals surface area contributed by atoms with E-state index in [9.17, 15) is 0 Å². The Bertz CT molecular complexity index is 488. The summed E-state index contributed by atoms with van der Waals surface area (Å²) in [7, 11) is 1.88. The summed E-state index contributed by atoms with van der Waals surface area (Å²) in [4.78, 5) is 8.50. The van der Waals surface area contributed by atoms with Gasteiger partial charge < -0.3 is 15.4 Å². The number of nitrogens with one attached hydrogen (secondary N) is 2. The van der Waals surface area contributed by atoms with E-state index < -0.39 is 0 Å². The molecular formula is C14H20N4O. The Kier molecular flexibility index (Phi) is 2.45. The monoisotopic (exact) mass is 260 g/mol. The average molecular weight is 260 g/mol. The highest BCUT2D eigenvalue weighted by Gasteiger charge is 2.66. The van der Waals surface area contributed by atoms with Gasteiger partial charge in [0.25, 0.3) is 0 Å². The first-order valence-corrected chi connectivity index (χ1v) is 7.21. The molecule has 0 bridgehead atoms. The van der Waals surface area contributed by atoms with Gasteiger partial charge in [0.2, 0.25) is 0 Å². The summed E-state index contributed by atoms with van der Waals surface area (Å²) in [5.74, 6) is 2.47. The molecular weight excluding hydrogens is 240 g/mol. The van der Waals surface area contributed by atoms with Crippen molar-refractivity contribution in [3.05, 3.63) is 12.4 Å². The van der Waals surface area contributed by atoms with Crippen LogP contribution in [0.25, 0.3) is 0 Å². The van der Waals surface area contributed by atoms with Gasteiger partial charge in [-0.1, -0.05) is 6.42 Å². The second-order valence-corrected chi connectivity index (χ2v) is 5.99. The first-order chi connectivity index (χ1) is 9.33. The molecule has 3 atom stereocenters. The van der Waals surface area contributed by atoms with E-state index >= 15 is 0 Å². The molecule has 0 amide bonds. The Morgan fingerprint density at radius 3 is 2.89 bits per heavy atom. The van der Waals surface area contributed by atoms with Crippen molar-refractivity contribution in [2.75, 3.05) is 24.3 Å². The van der Waals surface area contributed by atoms with Crippen molar-refractivity contribution >= 4 is 11.6 Å². The maximum Gasteiger partial charge on any atom is 0.131 e. The fourth-order valence-electron chi connectivity index (χ4n) is 4.19. The summed E-state index contributed by atoms with van der Waals surface area (Å²) in [6, 6.07) is 2.52. The standard InChI is InChI=1S/C14H20N4O/c1-15-10-7-11(17-8-16-10)18-12-9-3-6-19-13(9)14(12)4-2-5-14/h7-9,12-13H,2-6H2,1H3,(H2,15,16,17,18). The van der Waals surface area contributed by atoms with Crippen LogP contribution < -0.4 is 10.6 Å². The Morgan fingerprint density at radius 1 is 1.32 bits per heavy atom. The van der Waals surface area contributed by atoms with Gasteiger partial charge in [-0.2, -0.15) is 0 Å². The van der Waals surface area contributed by atoms with Crippen molar-refractivity contribution in [1.29, 1.82) is 0 Å². The molecule has 1 spiro atoms. The van der Waals surface area contributed by atoms with Crippen molar-refractivity contribution in [2.24, 2.45) is 11.3 Å². The Hall–Kier alpha value is -1.36. The molecule has 3 fully saturated rings. The van der Waals surface area contributed by atoms with Crippen LogP contribution in [-0.2, 0) is 4.74 Å². The predicted molar refractivity (Wildman–Crippen MR) is 73.1 cm³/mol. The van der Waals surface area contributed by atoms with Crippen molar-refractivity contribution < 1.29 is 4.74 Å². The molecule has 5 nitrogen and oxygen atoms in total. The quantitative estimate of drug-likeness (QED) is 0.869. The maximum absolute atomic E-state index is 5.94. The van der Waals surface area contributed by atoms with Crippen LogP contribution in [0.1, 0.15) is 25.7 Å². The first-order valence-electron chi connectivity index (χ1n) is 7.21. The predicted octanol–water partition coefficient (Wildman–Crippen LogP) is 1.89. The third-order valence-electron chi connectivity index (χ3n) is 5.26. The van der Waals surface area contributed by atoms with Crippen molar-refractivity contribution in [2.45, 2.75) is 37.8 Å². The van der Waals surface area contributed by atoms with Crippen LogP contribution >= 0.6 is 0 Å². The number of aromatic nitrogens is 2. The van der Waals surface area contributed by atoms with Gasteiger partial charge in [-0.05, 0) is 19.3 Å². The molecule has 1 aromatic rings. The average Bonchev–Trinajstić information content (AvgIpc) is 2.80. The molecule has 4 rings (SSSR count). The number of fused-ring (bicyclic) bond motifs is 2. The zero-order chi connectivity index (χ0) is 12.9. The molecule has 2 N–H and O–H groups in total. The largest absolute Gasteiger partial charge is 0.377 e. The van der Waals surface area contributed by atoms with Gasteiger partial charge in [-0.3, -0.25) is 0 Å². The maximum atomic E-state index is 5.94. The number of nitrogens with zero attached hydrogens (tertiary/aromatic N) is 2. The molecule has 2 saturated carbocycles. The minimum atomic E-state index is 0.395. The van der Waals surface area contributed by atoms with E-state index in [1.165, 1.54) is 25.7 Å². The van der Waals surface area contributed by atoms with Gasteiger partial charge in [-0.15, -0.1) is 0 Å². The second kappa shape index (κ2) is 4.07. The number of hydrogen-bond donors (Lipinski definition) is 2. The lowest BCUT2D eigenvalue weighted by molar-refractivity contribution is -0.158. The van der Waals surface area contributed by atoms with E-state index in [1.807, 2.05) is 13.1 Å². The molecule has 2 heterocycles. The van der Waals surface area contributed by atoms with Crippen LogP contribution in [0.5, 0.6) is 0 Å². The lowest BCUT2D eigenvalue weighted by Crippen LogP contribution is -2.68. The van der Waals surface area contributed by atoms with E-state index in [1.54, 1.807) is 6.33 Å². The van der Waals surface area contributed by atoms with Crippen LogP contribution in [0.2, 0.25) is 0 Å². The molecule has 1 saturated heterocycles. The van der Waals surface area contributed by atoms with Crippen molar-refractivity contribution in [3.8, 4) is 0 Å². The van der Waals surface area contributed by atoms with Crippen LogP contribution in [0.4, 0.5) is 11.6 Å². The third kappa shape index (κ3) is 1.51. The molecule has 2 aliphatic carbocycles. The van der Waals surface area contributed by atoms with Gasteiger partial charge in [0, 0.05) is 37.1 Å². The van der Waals surface area contributed by atoms with Gasteiger partial charge in [0.05, 0.1) is 6.10 Å². The fourth-order valence-corrected chi connectivity index (χ4v) is 4.19. The molecule has 102 valence electrons.